The van der Waals surface area contributed by atoms with Crippen molar-refractivity contribution >= 4 is 29.0 Å². The lowest BCUT2D eigenvalue weighted by Crippen LogP contribution is -2.09. The van der Waals surface area contributed by atoms with Gasteiger partial charge in [0.2, 0.25) is 5.95 Å². The predicted molar refractivity (Wildman–Crippen MR) is 42.0 cm³/mol. The minimum atomic E-state index is -0.802. The minimum absolute atomic E-state index is 0.0635. The number of nitrogens with zero attached hydrogens (tertiary/aromatic N) is 1. The lowest BCUT2D eigenvalue weighted by atomic mass is 10.4. The van der Waals surface area contributed by atoms with Gasteiger partial charge in [0.25, 0.3) is 0 Å². The van der Waals surface area contributed by atoms with Gasteiger partial charge in [-0.25, -0.2) is 5.84 Å². The Morgan fingerprint density at radius 2 is 2.09 bits per heavy atom. The summed E-state index contributed by atoms with van der Waals surface area (Å²) in [6.07, 6.45) is 0. The number of halogens is 3. The third-order valence-corrected chi connectivity index (χ3v) is 1.58. The van der Waals surface area contributed by atoms with Gasteiger partial charge in [-0.15, -0.1) is 0 Å². The van der Waals surface area contributed by atoms with Crippen molar-refractivity contribution < 1.29 is 4.39 Å². The summed E-state index contributed by atoms with van der Waals surface area (Å²) in [5.74, 6) is 4.22. The average Bonchev–Trinajstić information content (AvgIpc) is 1.97. The SMILES string of the molecule is NNc1nc(F)c(Cl)cc1Cl. The van der Waals surface area contributed by atoms with E-state index in [0.717, 1.165) is 0 Å². The molecule has 0 aliphatic carbocycles. The van der Waals surface area contributed by atoms with E-state index in [9.17, 15) is 4.39 Å². The fourth-order valence-corrected chi connectivity index (χ4v) is 0.958. The number of hydrazine groups is 1. The number of nitrogen functional groups attached to an aromatic ring is 1. The van der Waals surface area contributed by atoms with Crippen molar-refractivity contribution in [3.63, 3.8) is 0 Å². The zero-order valence-corrected chi connectivity index (χ0v) is 6.75. The van der Waals surface area contributed by atoms with E-state index in [4.69, 9.17) is 29.0 Å². The maximum atomic E-state index is 12.5. The molecule has 0 saturated heterocycles. The van der Waals surface area contributed by atoms with Crippen molar-refractivity contribution in [3.05, 3.63) is 22.1 Å². The Hall–Kier alpha value is -0.580. The zero-order valence-electron chi connectivity index (χ0n) is 5.24. The molecule has 0 fully saturated rings. The van der Waals surface area contributed by atoms with Crippen LogP contribution in [0.5, 0.6) is 0 Å². The largest absolute Gasteiger partial charge is 0.307 e. The van der Waals surface area contributed by atoms with Gasteiger partial charge in [0.05, 0.1) is 10.0 Å². The summed E-state index contributed by atoms with van der Waals surface area (Å²) in [5, 5.41) is 0.0490. The molecule has 0 saturated carbocycles. The topological polar surface area (TPSA) is 50.9 Å². The zero-order chi connectivity index (χ0) is 8.43. The predicted octanol–water partition coefficient (Wildman–Crippen LogP) is 1.81. The first-order valence-electron chi connectivity index (χ1n) is 2.63. The van der Waals surface area contributed by atoms with Crippen LogP contribution in [-0.2, 0) is 0 Å². The highest BCUT2D eigenvalue weighted by atomic mass is 35.5. The number of nitrogens with two attached hydrogens (primary N) is 1. The second kappa shape index (κ2) is 3.21. The van der Waals surface area contributed by atoms with E-state index in [1.807, 2.05) is 0 Å². The second-order valence-corrected chi connectivity index (χ2v) is 2.55. The highest BCUT2D eigenvalue weighted by Crippen LogP contribution is 2.23. The Kier molecular flexibility index (Phi) is 2.49. The van der Waals surface area contributed by atoms with Crippen LogP contribution in [0.1, 0.15) is 0 Å². The average molecular weight is 196 g/mol. The molecule has 1 rings (SSSR count). The number of aromatic nitrogens is 1. The first-order valence-corrected chi connectivity index (χ1v) is 3.39. The Morgan fingerprint density at radius 3 is 2.64 bits per heavy atom. The van der Waals surface area contributed by atoms with Crippen molar-refractivity contribution in [2.75, 3.05) is 5.43 Å². The van der Waals surface area contributed by atoms with Crippen molar-refractivity contribution in [1.82, 2.24) is 4.98 Å². The quantitative estimate of drug-likeness (QED) is 0.409. The van der Waals surface area contributed by atoms with Crippen LogP contribution in [0, 0.1) is 5.95 Å². The monoisotopic (exact) mass is 195 g/mol. The molecule has 0 radical (unpaired) electrons. The van der Waals surface area contributed by atoms with Crippen LogP contribution < -0.4 is 11.3 Å². The van der Waals surface area contributed by atoms with Gasteiger partial charge in [0, 0.05) is 0 Å². The summed E-state index contributed by atoms with van der Waals surface area (Å²) in [6, 6.07) is 1.22. The van der Waals surface area contributed by atoms with Crippen LogP contribution in [0.3, 0.4) is 0 Å². The molecule has 0 unspecified atom stereocenters. The van der Waals surface area contributed by atoms with Crippen LogP contribution in [0.2, 0.25) is 10.0 Å². The molecule has 0 bridgehead atoms. The van der Waals surface area contributed by atoms with Crippen molar-refractivity contribution in [2.24, 2.45) is 5.84 Å². The van der Waals surface area contributed by atoms with Gasteiger partial charge >= 0.3 is 0 Å². The van der Waals surface area contributed by atoms with Gasteiger partial charge in [0.15, 0.2) is 5.82 Å². The van der Waals surface area contributed by atoms with Crippen molar-refractivity contribution in [2.45, 2.75) is 0 Å². The molecule has 60 valence electrons. The first-order chi connectivity index (χ1) is 5.15. The smallest absolute Gasteiger partial charge is 0.233 e. The van der Waals surface area contributed by atoms with E-state index in [1.165, 1.54) is 6.07 Å². The number of rotatable bonds is 1. The maximum Gasteiger partial charge on any atom is 0.233 e. The van der Waals surface area contributed by atoms with Crippen molar-refractivity contribution in [3.8, 4) is 0 Å². The number of anilines is 1. The molecule has 0 atom stereocenters. The van der Waals surface area contributed by atoms with Crippen LogP contribution in [0.25, 0.3) is 0 Å². The normalized spacial score (nSPS) is 9.82. The molecule has 1 aromatic heterocycles. The van der Waals surface area contributed by atoms with E-state index in [0.29, 0.717) is 0 Å². The molecule has 0 spiro atoms. The molecule has 0 aromatic carbocycles. The number of nitrogens with one attached hydrogen (secondary N) is 1. The molecule has 1 aromatic rings. The van der Waals surface area contributed by atoms with Gasteiger partial charge in [-0.05, 0) is 6.07 Å². The van der Waals surface area contributed by atoms with Crippen LogP contribution in [0.4, 0.5) is 10.2 Å². The molecule has 6 heteroatoms. The molecule has 0 aliphatic rings. The maximum absolute atomic E-state index is 12.5. The lowest BCUT2D eigenvalue weighted by molar-refractivity contribution is 0.585. The highest BCUT2D eigenvalue weighted by molar-refractivity contribution is 6.36. The van der Waals surface area contributed by atoms with Gasteiger partial charge in [-0.2, -0.15) is 9.37 Å². The minimum Gasteiger partial charge on any atom is -0.307 e. The molecule has 3 N–H and O–H groups in total. The molecule has 3 nitrogen and oxygen atoms in total. The fourth-order valence-electron chi connectivity index (χ4n) is 0.545. The molecular weight excluding hydrogens is 192 g/mol. The molecule has 0 amide bonds. The van der Waals surface area contributed by atoms with E-state index < -0.39 is 5.95 Å². The lowest BCUT2D eigenvalue weighted by Gasteiger charge is -2.01. The Morgan fingerprint density at radius 1 is 1.45 bits per heavy atom. The summed E-state index contributed by atoms with van der Waals surface area (Å²) in [5.41, 5.74) is 2.12. The highest BCUT2D eigenvalue weighted by Gasteiger charge is 2.06. The third-order valence-electron chi connectivity index (χ3n) is 1.02. The number of hydrogen-bond acceptors (Lipinski definition) is 3. The second-order valence-electron chi connectivity index (χ2n) is 1.74. The summed E-state index contributed by atoms with van der Waals surface area (Å²) < 4.78 is 12.5. The Balaban J connectivity index is 3.21. The molecule has 11 heavy (non-hydrogen) atoms. The van der Waals surface area contributed by atoms with Gasteiger partial charge in [-0.1, -0.05) is 23.2 Å². The third kappa shape index (κ3) is 1.71. The van der Waals surface area contributed by atoms with E-state index in [1.54, 1.807) is 0 Å². The van der Waals surface area contributed by atoms with Crippen molar-refractivity contribution in [1.29, 1.82) is 0 Å². The van der Waals surface area contributed by atoms with Crippen LogP contribution in [0.15, 0.2) is 6.07 Å². The summed E-state index contributed by atoms with van der Waals surface area (Å²) in [4.78, 5) is 3.32. The van der Waals surface area contributed by atoms with Crippen LogP contribution in [-0.4, -0.2) is 4.98 Å². The number of pyridine rings is 1. The standard InChI is InChI=1S/C5H4Cl2FN3/c6-2-1-3(7)5(11-9)10-4(2)8/h1H,9H2,(H,10,11). The van der Waals surface area contributed by atoms with Crippen LogP contribution >= 0.6 is 23.2 Å². The molecular formula is C5H4Cl2FN3. The summed E-state index contributed by atoms with van der Waals surface area (Å²) >= 11 is 10.9. The fraction of sp³-hybridized carbons (Fsp3) is 0. The Labute approximate surface area is 72.3 Å². The Bertz CT molecular complexity index is 279. The molecule has 0 aliphatic heterocycles. The van der Waals surface area contributed by atoms with Gasteiger partial charge in [0.1, 0.15) is 0 Å². The van der Waals surface area contributed by atoms with Gasteiger partial charge in [-0.3, -0.25) is 0 Å². The first kappa shape index (κ1) is 8.52. The van der Waals surface area contributed by atoms with E-state index in [2.05, 4.69) is 10.4 Å². The van der Waals surface area contributed by atoms with Gasteiger partial charge < -0.3 is 5.43 Å². The van der Waals surface area contributed by atoms with E-state index >= 15 is 0 Å². The summed E-state index contributed by atoms with van der Waals surface area (Å²) in [7, 11) is 0. The number of hydrogen-bond donors (Lipinski definition) is 2. The molecule has 1 heterocycles. The van der Waals surface area contributed by atoms with E-state index in [-0.39, 0.29) is 15.9 Å². The summed E-state index contributed by atoms with van der Waals surface area (Å²) in [6.45, 7) is 0.